The zero-order valence-corrected chi connectivity index (χ0v) is 54.3. The van der Waals surface area contributed by atoms with Gasteiger partial charge in [0.15, 0.2) is 0 Å². The molecule has 0 bridgehead atoms. The summed E-state index contributed by atoms with van der Waals surface area (Å²) in [7, 11) is 3.32. The van der Waals surface area contributed by atoms with Gasteiger partial charge in [0.2, 0.25) is 5.91 Å². The van der Waals surface area contributed by atoms with Crippen LogP contribution in [0.25, 0.3) is 44.3 Å². The Labute approximate surface area is 551 Å². The van der Waals surface area contributed by atoms with Crippen LogP contribution in [-0.4, -0.2) is 92.6 Å². The number of carboxylic acid groups (broad SMARTS) is 1. The van der Waals surface area contributed by atoms with E-state index in [0.717, 1.165) is 98.2 Å². The Hall–Kier alpha value is -6.91. The second kappa shape index (κ2) is 25.6. The predicted octanol–water partition coefficient (Wildman–Crippen LogP) is 13.4. The molecule has 7 aromatic rings. The van der Waals surface area contributed by atoms with Crippen molar-refractivity contribution in [2.24, 2.45) is 10.8 Å². The Balaban J connectivity index is 0.000000212. The predicted molar refractivity (Wildman–Crippen MR) is 345 cm³/mol. The molecule has 14 rings (SSSR count). The van der Waals surface area contributed by atoms with E-state index in [9.17, 15) is 29.1 Å². The van der Waals surface area contributed by atoms with Crippen LogP contribution in [0.15, 0.2) is 103 Å². The second-order valence-electron chi connectivity index (χ2n) is 27.5. The van der Waals surface area contributed by atoms with Crippen LogP contribution in [0.3, 0.4) is 0 Å². The quantitative estimate of drug-likeness (QED) is 0.0774. The summed E-state index contributed by atoms with van der Waals surface area (Å²) in [6.07, 6.45) is 12.8. The molecule has 5 fully saturated rings. The molecule has 3 aliphatic heterocycles. The van der Waals surface area contributed by atoms with E-state index in [0.29, 0.717) is 55.3 Å². The molecule has 7 aliphatic rings. The van der Waals surface area contributed by atoms with Gasteiger partial charge in [-0.2, -0.15) is 0 Å². The molecule has 4 saturated carbocycles. The fraction of sp³-hybridized carbons (Fsp3) is 0.473. The molecule has 90 heavy (non-hydrogen) atoms. The molecule has 472 valence electrons. The molecule has 0 spiro atoms. The number of rotatable bonds is 10. The molecule has 5 aromatic carbocycles. The van der Waals surface area contributed by atoms with Crippen molar-refractivity contribution in [3.05, 3.63) is 142 Å². The SMILES string of the molecule is C.C.COc1ccc2c(c1)[C@H]1C[C@@]1(C(=O)N1C(=O)OC[C@H]1Cc1ccccc1)Cn1c-2c(C2CCCCC2)c2ccc(C(=O)OC(C)(C)C)cc21.COc1ccc2c(c1)[C@H]1C[C@@]1(C(=O)O)Cn1c-2c(C2CCCCC2)c2ccc(C(=O)OC(C)(C)C)cc21.[Na+].[OH-]. The minimum Gasteiger partial charge on any atom is -0.870 e. The van der Waals surface area contributed by atoms with Crippen LogP contribution in [0.2, 0.25) is 0 Å². The second-order valence-corrected chi connectivity index (χ2v) is 27.5. The number of carbonyl (C=O) groups excluding carboxylic acids is 4. The number of amides is 2. The maximum Gasteiger partial charge on any atom is 1.00 e. The Morgan fingerprint density at radius 2 is 1.04 bits per heavy atom. The smallest absolute Gasteiger partial charge is 0.870 e. The van der Waals surface area contributed by atoms with Gasteiger partial charge in [-0.05, 0) is 187 Å². The van der Waals surface area contributed by atoms with Gasteiger partial charge >= 0.3 is 53.6 Å². The molecule has 2 amide bonds. The number of aromatic nitrogens is 2. The van der Waals surface area contributed by atoms with Crippen molar-refractivity contribution < 1.29 is 87.8 Å². The number of fused-ring (bicyclic) bond motifs is 14. The maximum atomic E-state index is 15.0. The number of carbonyl (C=O) groups is 5. The van der Waals surface area contributed by atoms with Crippen molar-refractivity contribution in [1.29, 1.82) is 0 Å². The van der Waals surface area contributed by atoms with Crippen molar-refractivity contribution in [1.82, 2.24) is 14.0 Å². The number of esters is 2. The minimum absolute atomic E-state index is 0. The molecule has 2 N–H and O–H groups in total. The summed E-state index contributed by atoms with van der Waals surface area (Å²) >= 11 is 0. The number of hydrogen-bond donors (Lipinski definition) is 1. The van der Waals surface area contributed by atoms with Gasteiger partial charge in [0.1, 0.15) is 29.3 Å². The number of imide groups is 1. The minimum atomic E-state index is -0.859. The number of nitrogens with zero attached hydrogens (tertiary/aromatic N) is 3. The maximum absolute atomic E-state index is 15.0. The van der Waals surface area contributed by atoms with E-state index in [1.165, 1.54) is 54.6 Å². The molecule has 5 atom stereocenters. The monoisotopic (exact) mass is 1230 g/mol. The number of cyclic esters (lactones) is 1. The molecule has 16 heteroatoms. The van der Waals surface area contributed by atoms with Crippen LogP contribution in [-0.2, 0) is 43.3 Å². The Bertz CT molecular complexity index is 3900. The largest absolute Gasteiger partial charge is 1.00 e. The standard InChI is InChI=1S/C41H44N2O6.C31H35NO5.2CH4.Na.H2O/c1-40(2,3)49-37(44)27-15-17-31-34(20-27)42-24-41(38(45)43-28(23-48-39(43)46)19-25-11-7-5-8-12-25)22-33(41)32-21-29(47-4)16-18-30(32)36(42)35(31)26-13-9-6-10-14-26;1-30(2,3)37-28(33)19-10-12-22-25(14-19)32-17-31(29(34)35)16-24(31)23-15-20(36-4)11-13-21(23)27(32)26(22)18-8-6-5-7-9-18;;;;/h5,7-8,11-12,15-18,20-21,26,28,33H,6,9-10,13-14,19,22-24H2,1-4H3;10-15,18,24H,5-9,16-17H2,1-4H3,(H,34,35);2*1H4;;1H2/q;;;;+1;/p-1/t28-,33-,41-;24-,31-;;;;/m11..../s1. The number of aliphatic carboxylic acids is 1. The van der Waals surface area contributed by atoms with Crippen molar-refractivity contribution in [3.63, 3.8) is 0 Å². The molecule has 2 aromatic heterocycles. The molecule has 0 unspecified atom stereocenters. The Kier molecular flexibility index (Phi) is 19.2. The third kappa shape index (κ3) is 12.0. The fourth-order valence-corrected chi connectivity index (χ4v) is 15.5. The molecule has 1 saturated heterocycles. The van der Waals surface area contributed by atoms with Gasteiger partial charge in [-0.15, -0.1) is 0 Å². The molecular weight excluding hydrogens is 1150 g/mol. The zero-order chi connectivity index (χ0) is 60.2. The van der Waals surface area contributed by atoms with Crippen molar-refractivity contribution >= 4 is 51.7 Å². The van der Waals surface area contributed by atoms with E-state index in [1.54, 1.807) is 14.2 Å². The van der Waals surface area contributed by atoms with Gasteiger partial charge < -0.3 is 43.4 Å². The van der Waals surface area contributed by atoms with Crippen molar-refractivity contribution in [3.8, 4) is 34.0 Å². The average Bonchev–Trinajstić information content (AvgIpc) is 1.68. The van der Waals surface area contributed by atoms with Gasteiger partial charge in [-0.1, -0.05) is 95.8 Å². The topological polar surface area (TPSA) is 195 Å². The number of hydrogen-bond acceptors (Lipinski definition) is 11. The van der Waals surface area contributed by atoms with E-state index in [2.05, 4.69) is 39.5 Å². The van der Waals surface area contributed by atoms with Crippen LogP contribution >= 0.6 is 0 Å². The molecule has 15 nitrogen and oxygen atoms in total. The molecule has 4 aliphatic carbocycles. The fourth-order valence-electron chi connectivity index (χ4n) is 15.5. The number of ether oxygens (including phenoxy) is 5. The summed E-state index contributed by atoms with van der Waals surface area (Å²) in [5.74, 6) is 0.422. The van der Waals surface area contributed by atoms with Crippen LogP contribution in [0.1, 0.15) is 206 Å². The third-order valence-corrected chi connectivity index (χ3v) is 19.7. The van der Waals surface area contributed by atoms with E-state index >= 15 is 0 Å². The summed E-state index contributed by atoms with van der Waals surface area (Å²) in [6, 6.07) is 33.7. The average molecular weight is 1230 g/mol. The Morgan fingerprint density at radius 1 is 0.600 bits per heavy atom. The normalized spacial score (nSPS) is 22.1. The first-order chi connectivity index (χ1) is 41.2. The summed E-state index contributed by atoms with van der Waals surface area (Å²) in [4.78, 5) is 68.9. The van der Waals surface area contributed by atoms with Gasteiger partial charge in [-0.3, -0.25) is 9.59 Å². The number of benzene rings is 5. The van der Waals surface area contributed by atoms with Crippen molar-refractivity contribution in [2.45, 2.75) is 194 Å². The van der Waals surface area contributed by atoms with Crippen LogP contribution in [0.5, 0.6) is 11.5 Å². The first-order valence-corrected chi connectivity index (χ1v) is 31.1. The van der Waals surface area contributed by atoms with E-state index in [-0.39, 0.29) is 92.2 Å². The Morgan fingerprint density at radius 3 is 1.49 bits per heavy atom. The van der Waals surface area contributed by atoms with Gasteiger partial charge in [-0.25, -0.2) is 19.3 Å². The molecular formula is C74H88N3NaO12. The summed E-state index contributed by atoms with van der Waals surface area (Å²) in [5.41, 5.74) is 10.1. The molecule has 5 heterocycles. The van der Waals surface area contributed by atoms with E-state index in [4.69, 9.17) is 23.7 Å². The van der Waals surface area contributed by atoms with E-state index < -0.39 is 34.1 Å². The van der Waals surface area contributed by atoms with Crippen LogP contribution in [0.4, 0.5) is 4.79 Å². The summed E-state index contributed by atoms with van der Waals surface area (Å²) in [6.45, 7) is 12.2. The van der Waals surface area contributed by atoms with Crippen molar-refractivity contribution in [2.75, 3.05) is 20.8 Å². The van der Waals surface area contributed by atoms with E-state index in [1.807, 2.05) is 114 Å². The van der Waals surface area contributed by atoms with Crippen LogP contribution < -0.4 is 39.0 Å². The number of carboxylic acids is 1. The van der Waals surface area contributed by atoms with Gasteiger partial charge in [0.25, 0.3) is 0 Å². The summed E-state index contributed by atoms with van der Waals surface area (Å²) in [5, 5.41) is 12.7. The first kappa shape index (κ1) is 67.5. The summed E-state index contributed by atoms with van der Waals surface area (Å²) < 4.78 is 32.8. The third-order valence-electron chi connectivity index (χ3n) is 19.7. The zero-order valence-electron chi connectivity index (χ0n) is 52.3. The molecule has 0 radical (unpaired) electrons. The first-order valence-electron chi connectivity index (χ1n) is 31.1. The van der Waals surface area contributed by atoms with Crippen LogP contribution in [0, 0.1) is 10.8 Å². The van der Waals surface area contributed by atoms with Gasteiger partial charge in [0.05, 0.1) is 53.6 Å². The number of methoxy groups -OCH3 is 2. The van der Waals surface area contributed by atoms with Gasteiger partial charge in [0, 0.05) is 57.9 Å².